The van der Waals surface area contributed by atoms with Crippen molar-refractivity contribution in [2.24, 2.45) is 10.9 Å². The van der Waals surface area contributed by atoms with E-state index in [0.717, 1.165) is 16.8 Å². The number of carbonyl (C=O) groups excluding carboxylic acids is 1. The van der Waals surface area contributed by atoms with Crippen molar-refractivity contribution in [2.75, 3.05) is 31.6 Å². The molecule has 8 heteroatoms. The number of amidine groups is 1. The van der Waals surface area contributed by atoms with Crippen LogP contribution >= 0.6 is 11.8 Å². The van der Waals surface area contributed by atoms with E-state index < -0.39 is 18.2 Å². The Morgan fingerprint density at radius 1 is 1.21 bits per heavy atom. The lowest BCUT2D eigenvalue weighted by molar-refractivity contribution is -0.144. The lowest BCUT2D eigenvalue weighted by Gasteiger charge is -2.40. The summed E-state index contributed by atoms with van der Waals surface area (Å²) in [4.78, 5) is 19.5. The summed E-state index contributed by atoms with van der Waals surface area (Å²) >= 11 is 1.50. The van der Waals surface area contributed by atoms with E-state index in [1.54, 1.807) is 0 Å². The zero-order chi connectivity index (χ0) is 19.8. The number of nitrogens with one attached hydrogen (secondary N) is 1. The third-order valence-corrected chi connectivity index (χ3v) is 6.91. The molecule has 2 heterocycles. The SMILES string of the molecule is Cc1cc(C)cc(NC2=NC3C(O)C(O)CC(C(=O)N4CCOCC4)C3S2)c1. The average molecular weight is 406 g/mol. The van der Waals surface area contributed by atoms with Gasteiger partial charge >= 0.3 is 0 Å². The van der Waals surface area contributed by atoms with Gasteiger partial charge < -0.3 is 25.2 Å². The van der Waals surface area contributed by atoms with E-state index in [-0.39, 0.29) is 23.5 Å². The number of aliphatic hydroxyl groups is 2. The van der Waals surface area contributed by atoms with Gasteiger partial charge in [-0.1, -0.05) is 17.8 Å². The number of ether oxygens (including phenoxy) is 1. The summed E-state index contributed by atoms with van der Waals surface area (Å²) in [6.07, 6.45) is -1.64. The second-order valence-electron chi connectivity index (χ2n) is 7.85. The Balaban J connectivity index is 1.52. The highest BCUT2D eigenvalue weighted by Crippen LogP contribution is 2.42. The smallest absolute Gasteiger partial charge is 0.227 e. The van der Waals surface area contributed by atoms with E-state index in [9.17, 15) is 15.0 Å². The minimum atomic E-state index is -0.954. The largest absolute Gasteiger partial charge is 0.390 e. The molecular weight excluding hydrogens is 378 g/mol. The van der Waals surface area contributed by atoms with Gasteiger partial charge in [0.15, 0.2) is 5.17 Å². The Kier molecular flexibility index (Phi) is 5.64. The molecule has 1 saturated heterocycles. The van der Waals surface area contributed by atoms with E-state index in [4.69, 9.17) is 4.74 Å². The summed E-state index contributed by atoms with van der Waals surface area (Å²) in [5.41, 5.74) is 3.24. The zero-order valence-electron chi connectivity index (χ0n) is 16.2. The second kappa shape index (κ2) is 8.02. The van der Waals surface area contributed by atoms with E-state index >= 15 is 0 Å². The van der Waals surface area contributed by atoms with Crippen LogP contribution in [-0.2, 0) is 9.53 Å². The highest BCUT2D eigenvalue weighted by Gasteiger charge is 2.51. The predicted molar refractivity (Wildman–Crippen MR) is 110 cm³/mol. The first-order valence-electron chi connectivity index (χ1n) is 9.75. The van der Waals surface area contributed by atoms with E-state index in [1.807, 2.05) is 30.9 Å². The number of aliphatic hydroxyl groups excluding tert-OH is 2. The lowest BCUT2D eigenvalue weighted by atomic mass is 9.80. The third-order valence-electron chi connectivity index (χ3n) is 5.60. The summed E-state index contributed by atoms with van der Waals surface area (Å²) in [6.45, 7) is 6.31. The molecule has 5 unspecified atom stereocenters. The standard InChI is InChI=1S/C20H27N3O4S/c1-11-7-12(2)9-13(8-11)21-20-22-16-17(25)15(24)10-14(18(16)28-20)19(26)23-3-5-27-6-4-23/h7-9,14-18,24-25H,3-6,10H2,1-2H3,(H,21,22). The van der Waals surface area contributed by atoms with Crippen LogP contribution < -0.4 is 5.32 Å². The van der Waals surface area contributed by atoms with Gasteiger partial charge in [0.2, 0.25) is 5.91 Å². The van der Waals surface area contributed by atoms with Crippen molar-refractivity contribution in [3.05, 3.63) is 29.3 Å². The highest BCUT2D eigenvalue weighted by molar-refractivity contribution is 8.15. The molecule has 0 bridgehead atoms. The Bertz CT molecular complexity index is 760. The van der Waals surface area contributed by atoms with Gasteiger partial charge in [-0.15, -0.1) is 0 Å². The van der Waals surface area contributed by atoms with E-state index in [0.29, 0.717) is 31.5 Å². The number of benzene rings is 1. The van der Waals surface area contributed by atoms with Crippen molar-refractivity contribution in [3.8, 4) is 0 Å². The number of carbonyl (C=O) groups is 1. The van der Waals surface area contributed by atoms with Gasteiger partial charge in [0.1, 0.15) is 6.10 Å². The molecule has 1 aromatic carbocycles. The van der Waals surface area contributed by atoms with Crippen LogP contribution in [0.15, 0.2) is 23.2 Å². The molecule has 5 atom stereocenters. The number of nitrogens with zero attached hydrogens (tertiary/aromatic N) is 2. The molecule has 3 aliphatic rings. The fraction of sp³-hybridized carbons (Fsp3) is 0.600. The maximum absolute atomic E-state index is 13.1. The quantitative estimate of drug-likeness (QED) is 0.684. The lowest BCUT2D eigenvalue weighted by Crippen LogP contribution is -2.55. The van der Waals surface area contributed by atoms with E-state index in [2.05, 4.69) is 16.4 Å². The van der Waals surface area contributed by atoms with Gasteiger partial charge in [0.05, 0.1) is 31.3 Å². The first kappa shape index (κ1) is 19.7. The number of aliphatic imine (C=N–C) groups is 1. The summed E-state index contributed by atoms with van der Waals surface area (Å²) in [7, 11) is 0. The van der Waals surface area contributed by atoms with Crippen LogP contribution in [0.3, 0.4) is 0 Å². The molecule has 28 heavy (non-hydrogen) atoms. The summed E-state index contributed by atoms with van der Waals surface area (Å²) in [5, 5.41) is 24.7. The monoisotopic (exact) mass is 405 g/mol. The molecule has 2 fully saturated rings. The molecule has 1 saturated carbocycles. The molecule has 1 aromatic rings. The van der Waals surface area contributed by atoms with E-state index in [1.165, 1.54) is 11.8 Å². The van der Waals surface area contributed by atoms with Crippen LogP contribution in [0.2, 0.25) is 0 Å². The van der Waals surface area contributed by atoms with Gasteiger partial charge in [-0.05, 0) is 43.5 Å². The molecule has 0 spiro atoms. The van der Waals surface area contributed by atoms with Gasteiger partial charge in [0.25, 0.3) is 0 Å². The number of hydrogen-bond donors (Lipinski definition) is 3. The summed E-state index contributed by atoms with van der Waals surface area (Å²) < 4.78 is 5.34. The Morgan fingerprint density at radius 2 is 1.89 bits per heavy atom. The van der Waals surface area contributed by atoms with Crippen molar-refractivity contribution < 1.29 is 19.7 Å². The van der Waals surface area contributed by atoms with Crippen LogP contribution in [0, 0.1) is 19.8 Å². The van der Waals surface area contributed by atoms with Crippen molar-refractivity contribution in [3.63, 3.8) is 0 Å². The molecule has 2 aliphatic heterocycles. The van der Waals surface area contributed by atoms with Crippen LogP contribution in [-0.4, -0.2) is 76.0 Å². The molecule has 3 N–H and O–H groups in total. The number of amides is 1. The van der Waals surface area contributed by atoms with Crippen LogP contribution in [0.4, 0.5) is 5.69 Å². The maximum atomic E-state index is 13.1. The van der Waals surface area contributed by atoms with Gasteiger partial charge in [0, 0.05) is 24.0 Å². The van der Waals surface area contributed by atoms with Crippen LogP contribution in [0.5, 0.6) is 0 Å². The molecule has 7 nitrogen and oxygen atoms in total. The Labute approximate surface area is 169 Å². The number of rotatable bonds is 2. The van der Waals surface area contributed by atoms with Gasteiger partial charge in [-0.25, -0.2) is 0 Å². The fourth-order valence-electron chi connectivity index (χ4n) is 4.28. The first-order chi connectivity index (χ1) is 13.4. The summed E-state index contributed by atoms with van der Waals surface area (Å²) in [6, 6.07) is 5.70. The number of anilines is 1. The Hall–Kier alpha value is -1.61. The molecule has 0 aromatic heterocycles. The number of morpholine rings is 1. The summed E-state index contributed by atoms with van der Waals surface area (Å²) in [5.74, 6) is -0.339. The average Bonchev–Trinajstić information content (AvgIpc) is 3.08. The second-order valence-corrected chi connectivity index (χ2v) is 9.01. The molecular formula is C20H27N3O4S. The maximum Gasteiger partial charge on any atom is 0.227 e. The molecule has 152 valence electrons. The third kappa shape index (κ3) is 3.91. The molecule has 4 rings (SSSR count). The predicted octanol–water partition coefficient (Wildman–Crippen LogP) is 1.16. The van der Waals surface area contributed by atoms with Crippen LogP contribution in [0.1, 0.15) is 17.5 Å². The van der Waals surface area contributed by atoms with Crippen molar-refractivity contribution in [2.45, 2.75) is 43.8 Å². The number of hydrogen-bond acceptors (Lipinski definition) is 7. The van der Waals surface area contributed by atoms with Gasteiger partial charge in [-0.3, -0.25) is 9.79 Å². The first-order valence-corrected chi connectivity index (χ1v) is 10.6. The number of thioether (sulfide) groups is 1. The Morgan fingerprint density at radius 3 is 2.57 bits per heavy atom. The number of aryl methyl sites for hydroxylation is 2. The fourth-order valence-corrected chi connectivity index (χ4v) is 5.65. The normalized spacial score (nSPS) is 32.6. The topological polar surface area (TPSA) is 94.4 Å². The zero-order valence-corrected chi connectivity index (χ0v) is 17.0. The van der Waals surface area contributed by atoms with Crippen molar-refractivity contribution in [1.82, 2.24) is 4.90 Å². The number of fused-ring (bicyclic) bond motifs is 1. The van der Waals surface area contributed by atoms with Crippen LogP contribution in [0.25, 0.3) is 0 Å². The minimum Gasteiger partial charge on any atom is -0.390 e. The minimum absolute atomic E-state index is 0.0274. The molecule has 0 radical (unpaired) electrons. The van der Waals surface area contributed by atoms with Crippen molar-refractivity contribution in [1.29, 1.82) is 0 Å². The highest BCUT2D eigenvalue weighted by atomic mass is 32.2. The molecule has 1 amide bonds. The van der Waals surface area contributed by atoms with Crippen molar-refractivity contribution >= 4 is 28.5 Å². The van der Waals surface area contributed by atoms with Gasteiger partial charge in [-0.2, -0.15) is 0 Å². The molecule has 1 aliphatic carbocycles.